The first-order valence-corrected chi connectivity index (χ1v) is 6.71. The van der Waals surface area contributed by atoms with Crippen molar-refractivity contribution in [1.29, 1.82) is 0 Å². The Kier molecular flexibility index (Phi) is 2.59. The quantitative estimate of drug-likeness (QED) is 0.782. The van der Waals surface area contributed by atoms with Gasteiger partial charge in [0.15, 0.2) is 5.58 Å². The molecule has 0 bridgehead atoms. The molecule has 2 aromatic carbocycles. The summed E-state index contributed by atoms with van der Waals surface area (Å²) in [5, 5.41) is 15.2. The van der Waals surface area contributed by atoms with Crippen LogP contribution in [0.1, 0.15) is 22.9 Å². The zero-order valence-electron chi connectivity index (χ0n) is 11.4. The third-order valence-electron chi connectivity index (χ3n) is 3.83. The molecule has 4 heteroatoms. The van der Waals surface area contributed by atoms with Crippen LogP contribution in [0.3, 0.4) is 0 Å². The maximum atomic E-state index is 10.2. The predicted octanol–water partition coefficient (Wildman–Crippen LogP) is 3.32. The van der Waals surface area contributed by atoms with Gasteiger partial charge >= 0.3 is 0 Å². The number of aliphatic hydroxyl groups excluding tert-OH is 1. The number of hydrogen-bond acceptors (Lipinski definition) is 4. The van der Waals surface area contributed by atoms with Crippen molar-refractivity contribution in [3.8, 4) is 5.75 Å². The minimum absolute atomic E-state index is 0.596. The van der Waals surface area contributed by atoms with Gasteiger partial charge in [-0.3, -0.25) is 0 Å². The average molecular weight is 279 g/mol. The van der Waals surface area contributed by atoms with E-state index in [1.54, 1.807) is 7.11 Å². The van der Waals surface area contributed by atoms with Crippen LogP contribution in [0.2, 0.25) is 0 Å². The predicted molar refractivity (Wildman–Crippen MR) is 79.0 cm³/mol. The van der Waals surface area contributed by atoms with E-state index >= 15 is 0 Å². The van der Waals surface area contributed by atoms with Gasteiger partial charge in [-0.05, 0) is 29.3 Å². The molecule has 3 aromatic rings. The van der Waals surface area contributed by atoms with Crippen molar-refractivity contribution in [3.63, 3.8) is 0 Å². The van der Waals surface area contributed by atoms with E-state index in [1.807, 2.05) is 48.5 Å². The first-order valence-electron chi connectivity index (χ1n) is 6.71. The molecule has 1 N–H and O–H groups in total. The molecule has 1 aliphatic rings. The van der Waals surface area contributed by atoms with Crippen molar-refractivity contribution in [3.05, 3.63) is 65.4 Å². The topological polar surface area (TPSA) is 55.5 Å². The molecule has 1 atom stereocenters. The number of benzene rings is 2. The summed E-state index contributed by atoms with van der Waals surface area (Å²) in [6.45, 7) is 0. The fraction of sp³-hybridized carbons (Fsp3) is 0.118. The lowest BCUT2D eigenvalue weighted by Gasteiger charge is -2.04. The Balaban J connectivity index is 1.90. The van der Waals surface area contributed by atoms with Gasteiger partial charge in [0, 0.05) is 17.0 Å². The van der Waals surface area contributed by atoms with Gasteiger partial charge in [0.1, 0.15) is 11.4 Å². The number of aliphatic hydroxyl groups is 1. The minimum Gasteiger partial charge on any atom is -0.497 e. The van der Waals surface area contributed by atoms with Crippen molar-refractivity contribution >= 4 is 16.5 Å². The van der Waals surface area contributed by atoms with E-state index in [0.717, 1.165) is 33.5 Å². The van der Waals surface area contributed by atoms with Crippen LogP contribution in [0.25, 0.3) is 16.5 Å². The van der Waals surface area contributed by atoms with E-state index in [-0.39, 0.29) is 0 Å². The number of aromatic nitrogens is 1. The first-order chi connectivity index (χ1) is 10.3. The van der Waals surface area contributed by atoms with Gasteiger partial charge in [-0.25, -0.2) is 0 Å². The summed E-state index contributed by atoms with van der Waals surface area (Å²) in [7, 11) is 1.62. The van der Waals surface area contributed by atoms with Crippen molar-refractivity contribution in [2.24, 2.45) is 0 Å². The maximum Gasteiger partial charge on any atom is 0.171 e. The molecule has 1 aliphatic carbocycles. The van der Waals surface area contributed by atoms with Crippen molar-refractivity contribution in [2.75, 3.05) is 7.11 Å². The molecule has 0 aliphatic heterocycles. The van der Waals surface area contributed by atoms with Crippen LogP contribution in [0.15, 0.2) is 53.1 Å². The number of hydrogen-bond donors (Lipinski definition) is 1. The number of ether oxygens (including phenoxy) is 1. The molecule has 4 nitrogen and oxygen atoms in total. The lowest BCUT2D eigenvalue weighted by Crippen LogP contribution is -1.90. The number of fused-ring (bicyclic) bond motifs is 2. The summed E-state index contributed by atoms with van der Waals surface area (Å²) in [5.74, 6) is 0.728. The van der Waals surface area contributed by atoms with Gasteiger partial charge in [-0.2, -0.15) is 0 Å². The summed E-state index contributed by atoms with van der Waals surface area (Å²) >= 11 is 0. The van der Waals surface area contributed by atoms with Gasteiger partial charge in [0.05, 0.1) is 13.2 Å². The van der Waals surface area contributed by atoms with E-state index in [9.17, 15) is 5.11 Å². The highest BCUT2D eigenvalue weighted by molar-refractivity contribution is 5.96. The summed E-state index contributed by atoms with van der Waals surface area (Å²) in [6.07, 6.45) is 1.22. The second-order valence-corrected chi connectivity index (χ2v) is 5.01. The molecule has 4 rings (SSSR count). The Morgan fingerprint density at radius 3 is 2.90 bits per heavy atom. The summed E-state index contributed by atoms with van der Waals surface area (Å²) in [6, 6.07) is 13.4. The van der Waals surface area contributed by atoms with E-state index in [1.165, 1.54) is 0 Å². The molecule has 0 radical (unpaired) electrons. The molecule has 0 fully saturated rings. The van der Waals surface area contributed by atoms with Crippen LogP contribution >= 0.6 is 0 Å². The number of methoxy groups -OCH3 is 1. The SMILES string of the molecule is COc1ccc2c(C3=CC(O)c4ccccc43)noc2c1. The molecular weight excluding hydrogens is 266 g/mol. The third-order valence-corrected chi connectivity index (χ3v) is 3.83. The summed E-state index contributed by atoms with van der Waals surface area (Å²) in [5.41, 5.74) is 4.22. The normalized spacial score (nSPS) is 16.9. The summed E-state index contributed by atoms with van der Waals surface area (Å²) in [4.78, 5) is 0. The van der Waals surface area contributed by atoms with Crippen LogP contribution < -0.4 is 4.74 Å². The van der Waals surface area contributed by atoms with Crippen LogP contribution in [0, 0.1) is 0 Å². The zero-order chi connectivity index (χ0) is 14.4. The van der Waals surface area contributed by atoms with E-state index < -0.39 is 6.10 Å². The maximum absolute atomic E-state index is 10.2. The molecule has 104 valence electrons. The molecule has 0 spiro atoms. The summed E-state index contributed by atoms with van der Waals surface area (Å²) < 4.78 is 10.6. The highest BCUT2D eigenvalue weighted by Crippen LogP contribution is 2.40. The van der Waals surface area contributed by atoms with Crippen molar-refractivity contribution in [1.82, 2.24) is 5.16 Å². The zero-order valence-corrected chi connectivity index (χ0v) is 11.4. The van der Waals surface area contributed by atoms with Gasteiger partial charge in [-0.15, -0.1) is 0 Å². The second-order valence-electron chi connectivity index (χ2n) is 5.01. The number of rotatable bonds is 2. The Labute approximate surface area is 121 Å². The first kappa shape index (κ1) is 12.2. The minimum atomic E-state index is -0.596. The van der Waals surface area contributed by atoms with E-state index in [4.69, 9.17) is 9.26 Å². The molecule has 0 saturated carbocycles. The molecule has 0 saturated heterocycles. The highest BCUT2D eigenvalue weighted by atomic mass is 16.5. The van der Waals surface area contributed by atoms with Crippen LogP contribution in [-0.2, 0) is 0 Å². The molecule has 0 amide bonds. The van der Waals surface area contributed by atoms with Gasteiger partial charge < -0.3 is 14.4 Å². The smallest absolute Gasteiger partial charge is 0.171 e. The molecule has 21 heavy (non-hydrogen) atoms. The standard InChI is InChI=1S/C17H13NO3/c1-20-10-6-7-13-16(8-10)21-18-17(13)14-9-15(19)12-5-3-2-4-11(12)14/h2-9,15,19H,1H3. The second kappa shape index (κ2) is 4.46. The average Bonchev–Trinajstić information content (AvgIpc) is 3.08. The van der Waals surface area contributed by atoms with Crippen molar-refractivity contribution < 1.29 is 14.4 Å². The lowest BCUT2D eigenvalue weighted by molar-refractivity contribution is 0.232. The van der Waals surface area contributed by atoms with Crippen LogP contribution in [0.4, 0.5) is 0 Å². The van der Waals surface area contributed by atoms with E-state index in [2.05, 4.69) is 5.16 Å². The fourth-order valence-electron chi connectivity index (χ4n) is 2.78. The van der Waals surface area contributed by atoms with Crippen LogP contribution in [0.5, 0.6) is 5.75 Å². The van der Waals surface area contributed by atoms with Crippen LogP contribution in [-0.4, -0.2) is 17.4 Å². The molecular formula is C17H13NO3. The third kappa shape index (κ3) is 1.76. The number of nitrogens with zero attached hydrogens (tertiary/aromatic N) is 1. The van der Waals surface area contributed by atoms with Gasteiger partial charge in [-0.1, -0.05) is 29.4 Å². The fourth-order valence-corrected chi connectivity index (χ4v) is 2.78. The molecule has 1 aromatic heterocycles. The van der Waals surface area contributed by atoms with Gasteiger partial charge in [0.25, 0.3) is 0 Å². The van der Waals surface area contributed by atoms with Crippen molar-refractivity contribution in [2.45, 2.75) is 6.10 Å². The monoisotopic (exact) mass is 279 g/mol. The highest BCUT2D eigenvalue weighted by Gasteiger charge is 2.25. The molecule has 1 unspecified atom stereocenters. The Bertz CT molecular complexity index is 863. The van der Waals surface area contributed by atoms with Gasteiger partial charge in [0.2, 0.25) is 0 Å². The van der Waals surface area contributed by atoms with E-state index in [0.29, 0.717) is 5.58 Å². The Morgan fingerprint density at radius 2 is 2.05 bits per heavy atom. The molecule has 1 heterocycles. The largest absolute Gasteiger partial charge is 0.497 e. The Hall–Kier alpha value is -2.59. The lowest BCUT2D eigenvalue weighted by atomic mass is 10.0. The Morgan fingerprint density at radius 1 is 1.19 bits per heavy atom.